The number of ether oxygens (including phenoxy) is 1. The maximum Gasteiger partial charge on any atom is 0.191 e. The quantitative estimate of drug-likeness (QED) is 0.679. The van der Waals surface area contributed by atoms with Crippen LogP contribution >= 0.6 is 0 Å². The Morgan fingerprint density at radius 1 is 1.35 bits per heavy atom. The Hall–Kier alpha value is -2.23. The number of phenols is 1. The van der Waals surface area contributed by atoms with E-state index in [1.54, 1.807) is 29.3 Å². The first kappa shape index (κ1) is 14.2. The van der Waals surface area contributed by atoms with Gasteiger partial charge in [0.1, 0.15) is 17.1 Å². The first-order chi connectivity index (χ1) is 9.30. The molecule has 0 fully saturated rings. The minimum absolute atomic E-state index is 0.0392. The van der Waals surface area contributed by atoms with Crippen molar-refractivity contribution in [2.75, 3.05) is 14.1 Å². The van der Waals surface area contributed by atoms with Crippen molar-refractivity contribution in [1.82, 2.24) is 4.90 Å². The van der Waals surface area contributed by atoms with Crippen LogP contribution in [0.2, 0.25) is 0 Å². The van der Waals surface area contributed by atoms with E-state index in [0.717, 1.165) is 0 Å². The Morgan fingerprint density at radius 3 is 2.70 bits per heavy atom. The van der Waals surface area contributed by atoms with Gasteiger partial charge in [0.2, 0.25) is 0 Å². The molecule has 0 atom stereocenters. The number of fused-ring (bicyclic) bond motifs is 1. The molecule has 1 aliphatic rings. The van der Waals surface area contributed by atoms with Crippen molar-refractivity contribution < 1.29 is 14.6 Å². The Morgan fingerprint density at radius 2 is 2.05 bits per heavy atom. The van der Waals surface area contributed by atoms with E-state index in [2.05, 4.69) is 0 Å². The molecule has 1 aromatic carbocycles. The molecular formula is C16H19NO3. The number of phenolic OH excluding ortho intramolecular Hbond substituents is 1. The molecule has 1 aliphatic heterocycles. The van der Waals surface area contributed by atoms with Gasteiger partial charge in [-0.2, -0.15) is 0 Å². The molecule has 20 heavy (non-hydrogen) atoms. The summed E-state index contributed by atoms with van der Waals surface area (Å²) in [6.07, 6.45) is 6.73. The maximum absolute atomic E-state index is 12.0. The molecule has 1 aromatic rings. The number of aromatic hydroxyl groups is 1. The van der Waals surface area contributed by atoms with Gasteiger partial charge >= 0.3 is 0 Å². The molecule has 0 radical (unpaired) electrons. The minimum Gasteiger partial charge on any atom is -0.506 e. The highest BCUT2D eigenvalue weighted by atomic mass is 16.5. The van der Waals surface area contributed by atoms with Crippen molar-refractivity contribution >= 4 is 11.9 Å². The van der Waals surface area contributed by atoms with E-state index in [-0.39, 0.29) is 17.1 Å². The number of ketones is 1. The van der Waals surface area contributed by atoms with E-state index in [1.165, 1.54) is 6.08 Å². The third-order valence-corrected chi connectivity index (χ3v) is 2.99. The number of benzene rings is 1. The molecular weight excluding hydrogens is 254 g/mol. The summed E-state index contributed by atoms with van der Waals surface area (Å²) in [5, 5.41) is 10.2. The van der Waals surface area contributed by atoms with Gasteiger partial charge in [-0.3, -0.25) is 4.79 Å². The highest BCUT2D eigenvalue weighted by Gasteiger charge is 2.25. The molecule has 1 heterocycles. The molecule has 0 spiro atoms. The molecule has 0 unspecified atom stereocenters. The fraction of sp³-hybridized carbons (Fsp3) is 0.312. The summed E-state index contributed by atoms with van der Waals surface area (Å²) >= 11 is 0. The average molecular weight is 273 g/mol. The lowest BCUT2D eigenvalue weighted by atomic mass is 9.98. The summed E-state index contributed by atoms with van der Waals surface area (Å²) in [6, 6.07) is 3.31. The number of rotatable bonds is 3. The van der Waals surface area contributed by atoms with Gasteiger partial charge in [-0.05, 0) is 38.1 Å². The zero-order valence-corrected chi connectivity index (χ0v) is 12.2. The zero-order valence-electron chi connectivity index (χ0n) is 12.2. The summed E-state index contributed by atoms with van der Waals surface area (Å²) in [4.78, 5) is 13.8. The molecule has 0 bridgehead atoms. The fourth-order valence-electron chi connectivity index (χ4n) is 1.95. The monoisotopic (exact) mass is 273 g/mol. The molecule has 1 N–H and O–H groups in total. The third-order valence-electron chi connectivity index (χ3n) is 2.99. The molecule has 4 heteroatoms. The van der Waals surface area contributed by atoms with Crippen molar-refractivity contribution in [3.05, 3.63) is 41.6 Å². The van der Waals surface area contributed by atoms with E-state index in [1.807, 2.05) is 34.0 Å². The normalized spacial score (nSPS) is 15.8. The van der Waals surface area contributed by atoms with Crippen molar-refractivity contribution in [2.24, 2.45) is 0 Å². The van der Waals surface area contributed by atoms with Gasteiger partial charge < -0.3 is 14.7 Å². The molecule has 0 saturated carbocycles. The number of carbonyl (C=O) groups is 1. The van der Waals surface area contributed by atoms with Crippen LogP contribution in [0.5, 0.6) is 11.5 Å². The van der Waals surface area contributed by atoms with Crippen LogP contribution in [-0.2, 0) is 0 Å². The lowest BCUT2D eigenvalue weighted by Crippen LogP contribution is -2.27. The minimum atomic E-state index is -0.407. The van der Waals surface area contributed by atoms with E-state index in [9.17, 15) is 9.90 Å². The molecule has 4 nitrogen and oxygen atoms in total. The molecule has 0 saturated heterocycles. The third kappa shape index (κ3) is 2.85. The van der Waals surface area contributed by atoms with Crippen LogP contribution < -0.4 is 4.74 Å². The van der Waals surface area contributed by atoms with Gasteiger partial charge in [-0.15, -0.1) is 0 Å². The van der Waals surface area contributed by atoms with Crippen molar-refractivity contribution in [3.8, 4) is 11.5 Å². The highest BCUT2D eigenvalue weighted by molar-refractivity contribution is 6.07. The van der Waals surface area contributed by atoms with Gasteiger partial charge in [0.25, 0.3) is 0 Å². The van der Waals surface area contributed by atoms with Crippen LogP contribution in [0.4, 0.5) is 0 Å². The van der Waals surface area contributed by atoms with Crippen LogP contribution in [0.15, 0.2) is 30.5 Å². The molecule has 106 valence electrons. The predicted molar refractivity (Wildman–Crippen MR) is 79.0 cm³/mol. The maximum atomic E-state index is 12.0. The Labute approximate surface area is 119 Å². The van der Waals surface area contributed by atoms with Gasteiger partial charge in [0.05, 0.1) is 11.1 Å². The number of allylic oxidation sites excluding steroid dienone is 1. The lowest BCUT2D eigenvalue weighted by Gasteiger charge is -2.28. The fourth-order valence-corrected chi connectivity index (χ4v) is 1.95. The zero-order chi connectivity index (χ0) is 14.9. The SMILES string of the molecule is CN(C)/C=C/C(=O)c1ccc2c(c1O)C=CC(C)(C)O2. The van der Waals surface area contributed by atoms with Gasteiger partial charge in [-0.25, -0.2) is 0 Å². The van der Waals surface area contributed by atoms with E-state index >= 15 is 0 Å². The second-order valence-corrected chi connectivity index (χ2v) is 5.56. The van der Waals surface area contributed by atoms with Crippen LogP contribution in [0.1, 0.15) is 29.8 Å². The summed E-state index contributed by atoms with van der Waals surface area (Å²) < 4.78 is 5.75. The van der Waals surface area contributed by atoms with Crippen molar-refractivity contribution in [2.45, 2.75) is 19.4 Å². The van der Waals surface area contributed by atoms with E-state index in [4.69, 9.17) is 4.74 Å². The lowest BCUT2D eigenvalue weighted by molar-refractivity contribution is 0.104. The van der Waals surface area contributed by atoms with Gasteiger partial charge in [-0.1, -0.05) is 0 Å². The van der Waals surface area contributed by atoms with Crippen molar-refractivity contribution in [3.63, 3.8) is 0 Å². The molecule has 2 rings (SSSR count). The van der Waals surface area contributed by atoms with Crippen LogP contribution in [0, 0.1) is 0 Å². The second kappa shape index (κ2) is 5.04. The summed E-state index contributed by atoms with van der Waals surface area (Å²) in [5.41, 5.74) is 0.415. The Balaban J connectivity index is 2.38. The van der Waals surface area contributed by atoms with Gasteiger partial charge in [0, 0.05) is 26.4 Å². The summed E-state index contributed by atoms with van der Waals surface area (Å²) in [5.74, 6) is 0.308. The number of nitrogens with zero attached hydrogens (tertiary/aromatic N) is 1. The predicted octanol–water partition coefficient (Wildman–Crippen LogP) is 2.83. The largest absolute Gasteiger partial charge is 0.506 e. The van der Waals surface area contributed by atoms with Crippen molar-refractivity contribution in [1.29, 1.82) is 0 Å². The summed E-state index contributed by atoms with van der Waals surface area (Å²) in [7, 11) is 3.66. The molecule has 0 aliphatic carbocycles. The topological polar surface area (TPSA) is 49.8 Å². The average Bonchev–Trinajstić information content (AvgIpc) is 2.35. The number of hydrogen-bond acceptors (Lipinski definition) is 4. The smallest absolute Gasteiger partial charge is 0.191 e. The first-order valence-electron chi connectivity index (χ1n) is 6.43. The standard InChI is InChI=1S/C16H19NO3/c1-16(2)9-7-12-14(20-16)6-5-11(15(12)19)13(18)8-10-17(3)4/h5-10,19H,1-4H3/b10-8+. The summed E-state index contributed by atoms with van der Waals surface area (Å²) in [6.45, 7) is 3.87. The van der Waals surface area contributed by atoms with E-state index in [0.29, 0.717) is 11.3 Å². The van der Waals surface area contributed by atoms with Crippen LogP contribution in [0.25, 0.3) is 6.08 Å². The highest BCUT2D eigenvalue weighted by Crippen LogP contribution is 2.38. The second-order valence-electron chi connectivity index (χ2n) is 5.56. The first-order valence-corrected chi connectivity index (χ1v) is 6.43. The number of carbonyl (C=O) groups excluding carboxylic acids is 1. The van der Waals surface area contributed by atoms with Crippen LogP contribution in [-0.4, -0.2) is 35.5 Å². The number of hydrogen-bond donors (Lipinski definition) is 1. The Kier molecular flexibility index (Phi) is 3.57. The van der Waals surface area contributed by atoms with Gasteiger partial charge in [0.15, 0.2) is 5.78 Å². The van der Waals surface area contributed by atoms with E-state index < -0.39 is 5.60 Å². The Bertz CT molecular complexity index is 598. The molecule has 0 aromatic heterocycles. The van der Waals surface area contributed by atoms with Crippen LogP contribution in [0.3, 0.4) is 0 Å². The molecule has 0 amide bonds.